The van der Waals surface area contributed by atoms with Crippen LogP contribution in [0.5, 0.6) is 0 Å². The van der Waals surface area contributed by atoms with Crippen LogP contribution >= 0.6 is 0 Å². The molecule has 0 bridgehead atoms. The van der Waals surface area contributed by atoms with E-state index in [-0.39, 0.29) is 22.2 Å². The highest BCUT2D eigenvalue weighted by Gasteiger charge is 2.08. The average Bonchev–Trinajstić information content (AvgIpc) is 2.56. The second kappa shape index (κ2) is 6.22. The highest BCUT2D eigenvalue weighted by molar-refractivity contribution is 5.73. The van der Waals surface area contributed by atoms with Crippen molar-refractivity contribution in [3.63, 3.8) is 0 Å². The van der Waals surface area contributed by atoms with Crippen molar-refractivity contribution in [2.75, 3.05) is 0 Å². The van der Waals surface area contributed by atoms with Gasteiger partial charge in [0.1, 0.15) is 29.3 Å². The van der Waals surface area contributed by atoms with Crippen molar-refractivity contribution in [2.45, 2.75) is 6.92 Å². The second-order valence-electron chi connectivity index (χ2n) is 4.44. The summed E-state index contributed by atoms with van der Waals surface area (Å²) in [6.07, 6.45) is 0. The van der Waals surface area contributed by atoms with Gasteiger partial charge in [-0.2, -0.15) is 15.8 Å². The van der Waals surface area contributed by atoms with E-state index in [2.05, 4.69) is 4.98 Å². The molecule has 1 aromatic carbocycles. The summed E-state index contributed by atoms with van der Waals surface area (Å²) in [6.45, 7) is 1.64. The van der Waals surface area contributed by atoms with E-state index in [0.29, 0.717) is 16.5 Å². The molecule has 0 amide bonds. The van der Waals surface area contributed by atoms with Crippen molar-refractivity contribution in [2.24, 2.45) is 0 Å². The number of pyridine rings is 1. The van der Waals surface area contributed by atoms with Crippen molar-refractivity contribution in [3.8, 4) is 18.2 Å². The summed E-state index contributed by atoms with van der Waals surface area (Å²) in [5, 5.41) is 37.9. The van der Waals surface area contributed by atoms with Gasteiger partial charge in [-0.05, 0) is 13.0 Å². The molecule has 1 N–H and O–H groups in total. The third-order valence-corrected chi connectivity index (χ3v) is 3.10. The standard InChI is InChI=1S/C17H10N4O/c1-11-15(17(22)12-5-3-2-4-6-12)7-13(8-18)16(21-11)14(9-19)10-20/h2-7,22H,1H3/b17-15-. The van der Waals surface area contributed by atoms with Gasteiger partial charge in [0.2, 0.25) is 0 Å². The van der Waals surface area contributed by atoms with Crippen molar-refractivity contribution in [1.82, 2.24) is 4.98 Å². The number of aryl methyl sites for hydroxylation is 1. The first-order chi connectivity index (χ1) is 10.6. The molecule has 1 heterocycles. The molecule has 0 spiro atoms. The largest absolute Gasteiger partial charge is 0.507 e. The SMILES string of the molecule is Cc1nc(=C(C#N)C#N)c(C#N)c/c1=C(/O)c1ccccc1. The summed E-state index contributed by atoms with van der Waals surface area (Å²) in [7, 11) is 0. The summed E-state index contributed by atoms with van der Waals surface area (Å²) >= 11 is 0. The number of aliphatic hydroxyl groups excluding tert-OH is 1. The van der Waals surface area contributed by atoms with Gasteiger partial charge < -0.3 is 5.11 Å². The molecule has 0 unspecified atom stereocenters. The van der Waals surface area contributed by atoms with Crippen LogP contribution in [0.25, 0.3) is 11.3 Å². The van der Waals surface area contributed by atoms with Crippen LogP contribution < -0.4 is 10.6 Å². The van der Waals surface area contributed by atoms with Crippen molar-refractivity contribution in [1.29, 1.82) is 15.8 Å². The normalized spacial score (nSPS) is 10.8. The molecule has 0 radical (unpaired) electrons. The zero-order valence-corrected chi connectivity index (χ0v) is 11.7. The van der Waals surface area contributed by atoms with Gasteiger partial charge in [-0.1, -0.05) is 30.3 Å². The fraction of sp³-hybridized carbons (Fsp3) is 0.0588. The van der Waals surface area contributed by atoms with Gasteiger partial charge in [0, 0.05) is 16.5 Å². The summed E-state index contributed by atoms with van der Waals surface area (Å²) in [5.74, 6) is -0.0101. The molecule has 2 rings (SSSR count). The molecule has 2 aromatic rings. The quantitative estimate of drug-likeness (QED) is 0.847. The Bertz CT molecular complexity index is 955. The number of nitriles is 3. The number of benzene rings is 1. The van der Waals surface area contributed by atoms with Crippen LogP contribution in [0, 0.1) is 40.9 Å². The number of nitrogens with zero attached hydrogens (tertiary/aromatic N) is 4. The van der Waals surface area contributed by atoms with Crippen molar-refractivity contribution >= 4 is 11.3 Å². The molecule has 0 saturated heterocycles. The van der Waals surface area contributed by atoms with Crippen LogP contribution in [-0.4, -0.2) is 10.1 Å². The summed E-state index contributed by atoms with van der Waals surface area (Å²) < 4.78 is 0. The summed E-state index contributed by atoms with van der Waals surface area (Å²) in [5.41, 5.74) is 0.860. The molecule has 0 aliphatic heterocycles. The maximum atomic E-state index is 10.4. The maximum Gasteiger partial charge on any atom is 0.156 e. The van der Waals surface area contributed by atoms with E-state index in [0.717, 1.165) is 0 Å². The van der Waals surface area contributed by atoms with E-state index in [1.807, 2.05) is 12.1 Å². The Morgan fingerprint density at radius 1 is 1.09 bits per heavy atom. The van der Waals surface area contributed by atoms with Crippen LogP contribution in [0.2, 0.25) is 0 Å². The van der Waals surface area contributed by atoms with E-state index in [1.54, 1.807) is 43.3 Å². The second-order valence-corrected chi connectivity index (χ2v) is 4.44. The fourth-order valence-corrected chi connectivity index (χ4v) is 2.00. The summed E-state index contributed by atoms with van der Waals surface area (Å²) in [4.78, 5) is 4.15. The molecular weight excluding hydrogens is 276 g/mol. The monoisotopic (exact) mass is 286 g/mol. The zero-order chi connectivity index (χ0) is 16.1. The zero-order valence-electron chi connectivity index (χ0n) is 11.7. The summed E-state index contributed by atoms with van der Waals surface area (Å²) in [6, 6.07) is 15.7. The Hall–Kier alpha value is -3.62. The maximum absolute atomic E-state index is 10.4. The van der Waals surface area contributed by atoms with E-state index >= 15 is 0 Å². The molecule has 0 aliphatic carbocycles. The van der Waals surface area contributed by atoms with Gasteiger partial charge in [0.15, 0.2) is 5.57 Å². The van der Waals surface area contributed by atoms with Gasteiger partial charge in [0.25, 0.3) is 0 Å². The first-order valence-corrected chi connectivity index (χ1v) is 6.33. The Kier molecular flexibility index (Phi) is 4.18. The molecular formula is C17H10N4O. The van der Waals surface area contributed by atoms with Crippen molar-refractivity contribution in [3.05, 3.63) is 63.8 Å². The molecule has 5 nitrogen and oxygen atoms in total. The number of aromatic nitrogens is 1. The van der Waals surface area contributed by atoms with Crippen LogP contribution in [0.1, 0.15) is 16.8 Å². The molecule has 0 atom stereocenters. The Morgan fingerprint density at radius 3 is 2.27 bits per heavy atom. The lowest BCUT2D eigenvalue weighted by molar-refractivity contribution is 0.507. The third-order valence-electron chi connectivity index (χ3n) is 3.10. The van der Waals surface area contributed by atoms with Gasteiger partial charge >= 0.3 is 0 Å². The lowest BCUT2D eigenvalue weighted by atomic mass is 10.1. The topological polar surface area (TPSA) is 104 Å². The molecule has 0 fully saturated rings. The lowest BCUT2D eigenvalue weighted by Gasteiger charge is -2.03. The molecule has 1 aromatic heterocycles. The van der Waals surface area contributed by atoms with Gasteiger partial charge in [-0.3, -0.25) is 0 Å². The molecule has 0 aliphatic rings. The number of hydrogen-bond donors (Lipinski definition) is 1. The van der Waals surface area contributed by atoms with Crippen LogP contribution in [0.15, 0.2) is 36.4 Å². The number of hydrogen-bond acceptors (Lipinski definition) is 5. The Morgan fingerprint density at radius 2 is 1.73 bits per heavy atom. The smallest absolute Gasteiger partial charge is 0.156 e. The predicted molar refractivity (Wildman–Crippen MR) is 79.2 cm³/mol. The van der Waals surface area contributed by atoms with Gasteiger partial charge in [-0.25, -0.2) is 4.98 Å². The minimum Gasteiger partial charge on any atom is -0.507 e. The molecule has 104 valence electrons. The number of aliphatic hydroxyl groups is 1. The van der Waals surface area contributed by atoms with E-state index in [1.165, 1.54) is 6.07 Å². The van der Waals surface area contributed by atoms with Crippen molar-refractivity contribution < 1.29 is 5.11 Å². The number of rotatable bonds is 1. The van der Waals surface area contributed by atoms with Crippen LogP contribution in [0.3, 0.4) is 0 Å². The van der Waals surface area contributed by atoms with E-state index in [4.69, 9.17) is 10.5 Å². The van der Waals surface area contributed by atoms with E-state index < -0.39 is 0 Å². The fourth-order valence-electron chi connectivity index (χ4n) is 2.00. The van der Waals surface area contributed by atoms with Gasteiger partial charge in [-0.15, -0.1) is 0 Å². The minimum atomic E-state index is -0.231. The Balaban J connectivity index is 2.91. The minimum absolute atomic E-state index is 0.0101. The highest BCUT2D eigenvalue weighted by Crippen LogP contribution is 2.07. The van der Waals surface area contributed by atoms with Gasteiger partial charge in [0.05, 0.1) is 5.56 Å². The van der Waals surface area contributed by atoms with E-state index in [9.17, 15) is 10.4 Å². The molecule has 5 heteroatoms. The average molecular weight is 286 g/mol. The third kappa shape index (κ3) is 2.63. The Labute approximate surface area is 126 Å². The van der Waals surface area contributed by atoms with Crippen LogP contribution in [-0.2, 0) is 0 Å². The first kappa shape index (κ1) is 14.8. The van der Waals surface area contributed by atoms with Crippen LogP contribution in [0.4, 0.5) is 0 Å². The molecule has 22 heavy (non-hydrogen) atoms. The molecule has 0 saturated carbocycles. The lowest BCUT2D eigenvalue weighted by Crippen LogP contribution is -2.25. The first-order valence-electron chi connectivity index (χ1n) is 6.33. The predicted octanol–water partition coefficient (Wildman–Crippen LogP) is 1.17. The highest BCUT2D eigenvalue weighted by atomic mass is 16.3.